The SMILES string of the molecule is c1ccc(Cc2cccc3c2[N]c2ccccc2-3)cc1. The van der Waals surface area contributed by atoms with Crippen molar-refractivity contribution < 1.29 is 0 Å². The van der Waals surface area contributed by atoms with Crippen molar-refractivity contribution in [2.75, 3.05) is 0 Å². The van der Waals surface area contributed by atoms with Crippen LogP contribution in [0.1, 0.15) is 11.1 Å². The maximum Gasteiger partial charge on any atom is 0.0751 e. The van der Waals surface area contributed by atoms with Crippen LogP contribution in [0, 0.1) is 0 Å². The van der Waals surface area contributed by atoms with Crippen molar-refractivity contribution in [3.63, 3.8) is 0 Å². The molecule has 0 aromatic heterocycles. The van der Waals surface area contributed by atoms with E-state index in [0.29, 0.717) is 0 Å². The normalized spacial score (nSPS) is 11.6. The molecule has 1 nitrogen and oxygen atoms in total. The molecule has 0 saturated heterocycles. The minimum atomic E-state index is 0.932. The number of fused-ring (bicyclic) bond motifs is 3. The number of hydrogen-bond donors (Lipinski definition) is 0. The zero-order valence-corrected chi connectivity index (χ0v) is 11.1. The van der Waals surface area contributed by atoms with E-state index in [2.05, 4.69) is 66.7 Å². The van der Waals surface area contributed by atoms with E-state index in [1.807, 2.05) is 6.07 Å². The first kappa shape index (κ1) is 11.3. The summed E-state index contributed by atoms with van der Waals surface area (Å²) in [6.07, 6.45) is 0.932. The lowest BCUT2D eigenvalue weighted by atomic mass is 9.99. The monoisotopic (exact) mass is 256 g/mol. The predicted molar refractivity (Wildman–Crippen MR) is 82.6 cm³/mol. The lowest BCUT2D eigenvalue weighted by Crippen LogP contribution is -1.93. The highest BCUT2D eigenvalue weighted by atomic mass is 14.9. The summed E-state index contributed by atoms with van der Waals surface area (Å²) in [5.74, 6) is 0. The molecule has 3 aromatic rings. The van der Waals surface area contributed by atoms with E-state index in [4.69, 9.17) is 5.32 Å². The van der Waals surface area contributed by atoms with E-state index in [1.165, 1.54) is 22.3 Å². The van der Waals surface area contributed by atoms with Gasteiger partial charge in [-0.05, 0) is 23.6 Å². The quantitative estimate of drug-likeness (QED) is 0.488. The van der Waals surface area contributed by atoms with Crippen molar-refractivity contribution in [1.82, 2.24) is 5.32 Å². The first-order valence-electron chi connectivity index (χ1n) is 6.89. The van der Waals surface area contributed by atoms with Gasteiger partial charge >= 0.3 is 0 Å². The van der Waals surface area contributed by atoms with Crippen LogP contribution >= 0.6 is 0 Å². The van der Waals surface area contributed by atoms with Gasteiger partial charge in [-0.1, -0.05) is 66.7 Å². The molecular formula is C19H14N. The van der Waals surface area contributed by atoms with Crippen LogP contribution in [0.15, 0.2) is 72.8 Å². The Bertz CT molecular complexity index is 760. The smallest absolute Gasteiger partial charge is 0.0751 e. The Hall–Kier alpha value is -2.54. The van der Waals surface area contributed by atoms with E-state index in [1.54, 1.807) is 0 Å². The van der Waals surface area contributed by atoms with Crippen LogP contribution in [-0.2, 0) is 6.42 Å². The molecule has 1 aliphatic rings. The van der Waals surface area contributed by atoms with Crippen molar-refractivity contribution in [2.24, 2.45) is 0 Å². The van der Waals surface area contributed by atoms with E-state index >= 15 is 0 Å². The third-order valence-electron chi connectivity index (χ3n) is 3.78. The lowest BCUT2D eigenvalue weighted by molar-refractivity contribution is 1.13. The molecule has 1 aliphatic heterocycles. The number of nitrogens with zero attached hydrogens (tertiary/aromatic N) is 1. The van der Waals surface area contributed by atoms with Crippen LogP contribution in [0.2, 0.25) is 0 Å². The summed E-state index contributed by atoms with van der Waals surface area (Å²) < 4.78 is 0. The first-order valence-corrected chi connectivity index (χ1v) is 6.89. The minimum Gasteiger partial charge on any atom is -0.247 e. The molecule has 4 rings (SSSR count). The van der Waals surface area contributed by atoms with Crippen molar-refractivity contribution in [3.8, 4) is 11.1 Å². The van der Waals surface area contributed by atoms with Gasteiger partial charge in [0.2, 0.25) is 0 Å². The average Bonchev–Trinajstić information content (AvgIpc) is 2.88. The largest absolute Gasteiger partial charge is 0.247 e. The molecule has 0 fully saturated rings. The highest BCUT2D eigenvalue weighted by Gasteiger charge is 2.21. The van der Waals surface area contributed by atoms with Gasteiger partial charge in [-0.2, -0.15) is 0 Å². The molecule has 0 N–H and O–H groups in total. The molecule has 0 amide bonds. The average molecular weight is 256 g/mol. The molecule has 20 heavy (non-hydrogen) atoms. The van der Waals surface area contributed by atoms with Gasteiger partial charge in [0.1, 0.15) is 0 Å². The molecule has 1 radical (unpaired) electrons. The molecule has 0 saturated carbocycles. The Morgan fingerprint density at radius 1 is 0.650 bits per heavy atom. The maximum absolute atomic E-state index is 4.81. The van der Waals surface area contributed by atoms with Gasteiger partial charge in [0, 0.05) is 11.1 Å². The predicted octanol–water partition coefficient (Wildman–Crippen LogP) is 4.83. The number of benzene rings is 3. The van der Waals surface area contributed by atoms with Crippen molar-refractivity contribution in [2.45, 2.75) is 6.42 Å². The topological polar surface area (TPSA) is 14.1 Å². The summed E-state index contributed by atoms with van der Waals surface area (Å²) >= 11 is 0. The van der Waals surface area contributed by atoms with Gasteiger partial charge in [-0.25, -0.2) is 5.32 Å². The van der Waals surface area contributed by atoms with Gasteiger partial charge in [-0.15, -0.1) is 0 Å². The van der Waals surface area contributed by atoms with E-state index in [0.717, 1.165) is 17.8 Å². The van der Waals surface area contributed by atoms with E-state index < -0.39 is 0 Å². The molecule has 3 aromatic carbocycles. The van der Waals surface area contributed by atoms with Crippen molar-refractivity contribution in [1.29, 1.82) is 0 Å². The van der Waals surface area contributed by atoms with Crippen LogP contribution in [0.5, 0.6) is 0 Å². The van der Waals surface area contributed by atoms with E-state index in [-0.39, 0.29) is 0 Å². The third kappa shape index (κ3) is 1.79. The minimum absolute atomic E-state index is 0.932. The molecule has 1 heteroatoms. The molecule has 0 bridgehead atoms. The van der Waals surface area contributed by atoms with Crippen LogP contribution in [0.3, 0.4) is 0 Å². The van der Waals surface area contributed by atoms with Gasteiger partial charge in [0.15, 0.2) is 0 Å². The number of hydrogen-bond acceptors (Lipinski definition) is 0. The Morgan fingerprint density at radius 3 is 2.30 bits per heavy atom. The first-order chi connectivity index (χ1) is 9.92. The van der Waals surface area contributed by atoms with Crippen molar-refractivity contribution >= 4 is 11.4 Å². The summed E-state index contributed by atoms with van der Waals surface area (Å²) in [5.41, 5.74) is 7.35. The summed E-state index contributed by atoms with van der Waals surface area (Å²) in [5, 5.41) is 4.81. The van der Waals surface area contributed by atoms with Gasteiger partial charge in [-0.3, -0.25) is 0 Å². The molecule has 0 spiro atoms. The number of rotatable bonds is 2. The fourth-order valence-corrected chi connectivity index (χ4v) is 2.82. The van der Waals surface area contributed by atoms with Crippen molar-refractivity contribution in [3.05, 3.63) is 83.9 Å². The van der Waals surface area contributed by atoms with E-state index in [9.17, 15) is 0 Å². The summed E-state index contributed by atoms with van der Waals surface area (Å²) in [6, 6.07) is 25.4. The van der Waals surface area contributed by atoms with Gasteiger partial charge < -0.3 is 0 Å². The van der Waals surface area contributed by atoms with Crippen LogP contribution in [-0.4, -0.2) is 0 Å². The van der Waals surface area contributed by atoms with Gasteiger partial charge in [0.25, 0.3) is 0 Å². The van der Waals surface area contributed by atoms with Crippen LogP contribution in [0.25, 0.3) is 11.1 Å². The van der Waals surface area contributed by atoms with Crippen LogP contribution in [0.4, 0.5) is 11.4 Å². The zero-order valence-electron chi connectivity index (χ0n) is 11.1. The Kier molecular flexibility index (Phi) is 2.56. The zero-order chi connectivity index (χ0) is 13.4. The maximum atomic E-state index is 4.81. The standard InChI is InChI=1S/C19H14N/c1-2-7-14(8-3-1)13-15-9-6-11-17-16-10-4-5-12-18(16)20-19(15)17/h1-12H,13H2. The summed E-state index contributed by atoms with van der Waals surface area (Å²) in [4.78, 5) is 0. The second-order valence-corrected chi connectivity index (χ2v) is 5.10. The third-order valence-corrected chi connectivity index (χ3v) is 3.78. The molecule has 1 heterocycles. The fraction of sp³-hybridized carbons (Fsp3) is 0.0526. The molecule has 0 atom stereocenters. The van der Waals surface area contributed by atoms with Crippen LogP contribution < -0.4 is 5.32 Å². The molecule has 0 unspecified atom stereocenters. The Labute approximate surface area is 118 Å². The molecule has 0 aliphatic carbocycles. The Balaban J connectivity index is 1.78. The lowest BCUT2D eigenvalue weighted by Gasteiger charge is -2.07. The fourth-order valence-electron chi connectivity index (χ4n) is 2.82. The van der Waals surface area contributed by atoms with Gasteiger partial charge in [0.05, 0.1) is 11.4 Å². The summed E-state index contributed by atoms with van der Waals surface area (Å²) in [7, 11) is 0. The summed E-state index contributed by atoms with van der Waals surface area (Å²) in [6.45, 7) is 0. The number of para-hydroxylation sites is 2. The second-order valence-electron chi connectivity index (χ2n) is 5.10. The molecular weight excluding hydrogens is 242 g/mol. The highest BCUT2D eigenvalue weighted by molar-refractivity contribution is 5.91. The highest BCUT2D eigenvalue weighted by Crippen LogP contribution is 2.44. The Morgan fingerprint density at radius 2 is 1.40 bits per heavy atom. The second kappa shape index (κ2) is 4.53. The molecule has 95 valence electrons.